The quantitative estimate of drug-likeness (QED) is 0.734. The molecular formula is C15H21BrFN. The molecule has 0 amide bonds. The van der Waals surface area contributed by atoms with Gasteiger partial charge in [0.1, 0.15) is 5.82 Å². The number of hydrogen-bond acceptors (Lipinski definition) is 1. The van der Waals surface area contributed by atoms with Crippen LogP contribution in [0.2, 0.25) is 0 Å². The topological polar surface area (TPSA) is 3.24 Å². The minimum Gasteiger partial charge on any atom is -0.296 e. The summed E-state index contributed by atoms with van der Waals surface area (Å²) in [5.74, 6) is -0.119. The second-order valence-corrected chi connectivity index (χ2v) is 5.96. The average Bonchev–Trinajstić information content (AvgIpc) is 2.79. The van der Waals surface area contributed by atoms with Gasteiger partial charge >= 0.3 is 0 Å². The molecule has 1 aliphatic rings. The molecule has 3 heteroatoms. The highest BCUT2D eigenvalue weighted by molar-refractivity contribution is 9.09. The fourth-order valence-electron chi connectivity index (χ4n) is 2.77. The molecule has 18 heavy (non-hydrogen) atoms. The van der Waals surface area contributed by atoms with Gasteiger partial charge in [0.15, 0.2) is 0 Å². The zero-order valence-corrected chi connectivity index (χ0v) is 12.5. The Morgan fingerprint density at radius 3 is 3.06 bits per heavy atom. The van der Waals surface area contributed by atoms with E-state index in [1.165, 1.54) is 31.2 Å². The number of alkyl halides is 1. The van der Waals surface area contributed by atoms with E-state index in [1.807, 2.05) is 6.07 Å². The molecule has 1 heterocycles. The van der Waals surface area contributed by atoms with Gasteiger partial charge in [0.05, 0.1) is 0 Å². The molecule has 0 aromatic heterocycles. The Labute approximate surface area is 118 Å². The molecule has 0 spiro atoms. The summed E-state index contributed by atoms with van der Waals surface area (Å²) in [7, 11) is 0. The van der Waals surface area contributed by atoms with Gasteiger partial charge in [0, 0.05) is 17.9 Å². The highest BCUT2D eigenvalue weighted by atomic mass is 79.9. The molecule has 100 valence electrons. The van der Waals surface area contributed by atoms with E-state index in [0.29, 0.717) is 6.04 Å². The molecule has 0 aliphatic carbocycles. The predicted molar refractivity (Wildman–Crippen MR) is 77.6 cm³/mol. The molecule has 0 N–H and O–H groups in total. The zero-order chi connectivity index (χ0) is 13.0. The van der Waals surface area contributed by atoms with Crippen molar-refractivity contribution in [3.05, 3.63) is 35.1 Å². The smallest absolute Gasteiger partial charge is 0.123 e. The van der Waals surface area contributed by atoms with Crippen LogP contribution in [0.5, 0.6) is 0 Å². The van der Waals surface area contributed by atoms with Crippen molar-refractivity contribution < 1.29 is 4.39 Å². The van der Waals surface area contributed by atoms with Crippen LogP contribution in [0.25, 0.3) is 0 Å². The molecule has 1 saturated heterocycles. The number of hydrogen-bond donors (Lipinski definition) is 0. The number of nitrogens with zero attached hydrogens (tertiary/aromatic N) is 1. The van der Waals surface area contributed by atoms with E-state index in [9.17, 15) is 4.39 Å². The largest absolute Gasteiger partial charge is 0.296 e. The van der Waals surface area contributed by atoms with E-state index in [4.69, 9.17) is 0 Å². The second-order valence-electron chi connectivity index (χ2n) is 5.17. The fourth-order valence-corrected chi connectivity index (χ4v) is 3.10. The summed E-state index contributed by atoms with van der Waals surface area (Å²) in [6.45, 7) is 4.12. The van der Waals surface area contributed by atoms with Crippen LogP contribution >= 0.6 is 15.9 Å². The Kier molecular flexibility index (Phi) is 5.19. The molecule has 0 saturated carbocycles. The molecule has 0 radical (unpaired) electrons. The second kappa shape index (κ2) is 6.67. The summed E-state index contributed by atoms with van der Waals surface area (Å²) in [5, 5.41) is 1.08. The van der Waals surface area contributed by atoms with E-state index in [-0.39, 0.29) is 5.82 Å². The van der Waals surface area contributed by atoms with Gasteiger partial charge < -0.3 is 0 Å². The van der Waals surface area contributed by atoms with Crippen molar-refractivity contribution in [3.63, 3.8) is 0 Å². The summed E-state index contributed by atoms with van der Waals surface area (Å²) < 4.78 is 13.3. The molecule has 1 fully saturated rings. The van der Waals surface area contributed by atoms with Gasteiger partial charge in [0.2, 0.25) is 0 Å². The average molecular weight is 314 g/mol. The fraction of sp³-hybridized carbons (Fsp3) is 0.600. The summed E-state index contributed by atoms with van der Waals surface area (Å²) in [5.41, 5.74) is 2.34. The van der Waals surface area contributed by atoms with Gasteiger partial charge in [0.25, 0.3) is 0 Å². The SMILES string of the molecule is Cc1ccc(F)cc1CN1CCCC1CCCBr. The lowest BCUT2D eigenvalue weighted by atomic mass is 10.1. The first kappa shape index (κ1) is 14.0. The van der Waals surface area contributed by atoms with Gasteiger partial charge in [-0.05, 0) is 62.4 Å². The standard InChI is InChI=1S/C15H21BrFN/c1-12-6-7-14(17)10-13(12)11-18-9-3-5-15(18)4-2-8-16/h6-7,10,15H,2-5,8-9,11H2,1H3. The van der Waals surface area contributed by atoms with Crippen molar-refractivity contribution >= 4 is 15.9 Å². The molecule has 1 aromatic rings. The van der Waals surface area contributed by atoms with Crippen molar-refractivity contribution in [1.29, 1.82) is 0 Å². The highest BCUT2D eigenvalue weighted by Crippen LogP contribution is 2.25. The number of aryl methyl sites for hydroxylation is 1. The first-order valence-electron chi connectivity index (χ1n) is 6.75. The summed E-state index contributed by atoms with van der Waals surface area (Å²) in [6.07, 6.45) is 5.05. The molecular weight excluding hydrogens is 293 g/mol. The van der Waals surface area contributed by atoms with E-state index < -0.39 is 0 Å². The van der Waals surface area contributed by atoms with Crippen LogP contribution < -0.4 is 0 Å². The van der Waals surface area contributed by atoms with E-state index in [1.54, 1.807) is 12.1 Å². The maximum absolute atomic E-state index is 13.3. The third-order valence-electron chi connectivity index (χ3n) is 3.85. The highest BCUT2D eigenvalue weighted by Gasteiger charge is 2.24. The van der Waals surface area contributed by atoms with Crippen LogP contribution in [0.3, 0.4) is 0 Å². The third kappa shape index (κ3) is 3.55. The summed E-state index contributed by atoms with van der Waals surface area (Å²) >= 11 is 3.50. The van der Waals surface area contributed by atoms with Crippen molar-refractivity contribution in [3.8, 4) is 0 Å². The molecule has 1 aliphatic heterocycles. The molecule has 1 nitrogen and oxygen atoms in total. The minimum absolute atomic E-state index is 0.119. The van der Waals surface area contributed by atoms with Crippen LogP contribution in [-0.2, 0) is 6.54 Å². The maximum Gasteiger partial charge on any atom is 0.123 e. The Balaban J connectivity index is 2.01. The van der Waals surface area contributed by atoms with Gasteiger partial charge in [-0.1, -0.05) is 22.0 Å². The first-order chi connectivity index (χ1) is 8.70. The van der Waals surface area contributed by atoms with E-state index >= 15 is 0 Å². The lowest BCUT2D eigenvalue weighted by Gasteiger charge is -2.25. The zero-order valence-electron chi connectivity index (χ0n) is 11.0. The number of rotatable bonds is 5. The van der Waals surface area contributed by atoms with Gasteiger partial charge in [-0.2, -0.15) is 0 Å². The summed E-state index contributed by atoms with van der Waals surface area (Å²) in [6, 6.07) is 5.80. The maximum atomic E-state index is 13.3. The predicted octanol–water partition coefficient (Wildman–Crippen LogP) is 4.27. The van der Waals surface area contributed by atoms with Gasteiger partial charge in [-0.3, -0.25) is 4.90 Å². The molecule has 2 rings (SSSR count). The molecule has 1 unspecified atom stereocenters. The van der Waals surface area contributed by atoms with Crippen molar-refractivity contribution in [1.82, 2.24) is 4.90 Å². The Hall–Kier alpha value is -0.410. The minimum atomic E-state index is -0.119. The number of benzene rings is 1. The van der Waals surface area contributed by atoms with Crippen molar-refractivity contribution in [2.75, 3.05) is 11.9 Å². The van der Waals surface area contributed by atoms with E-state index in [0.717, 1.165) is 24.0 Å². The molecule has 1 aromatic carbocycles. The van der Waals surface area contributed by atoms with E-state index in [2.05, 4.69) is 27.8 Å². The van der Waals surface area contributed by atoms with Crippen LogP contribution in [0.1, 0.15) is 36.8 Å². The molecule has 0 bridgehead atoms. The van der Waals surface area contributed by atoms with Gasteiger partial charge in [-0.15, -0.1) is 0 Å². The monoisotopic (exact) mass is 313 g/mol. The van der Waals surface area contributed by atoms with Gasteiger partial charge in [-0.25, -0.2) is 4.39 Å². The third-order valence-corrected chi connectivity index (χ3v) is 4.42. The van der Waals surface area contributed by atoms with Crippen LogP contribution in [0, 0.1) is 12.7 Å². The Morgan fingerprint density at radius 2 is 2.28 bits per heavy atom. The van der Waals surface area contributed by atoms with Crippen molar-refractivity contribution in [2.24, 2.45) is 0 Å². The van der Waals surface area contributed by atoms with Crippen LogP contribution in [0.15, 0.2) is 18.2 Å². The Bertz CT molecular complexity index is 394. The number of likely N-dealkylation sites (tertiary alicyclic amines) is 1. The normalized spacial score (nSPS) is 20.5. The van der Waals surface area contributed by atoms with Crippen molar-refractivity contribution in [2.45, 2.75) is 45.2 Å². The molecule has 1 atom stereocenters. The Morgan fingerprint density at radius 1 is 1.44 bits per heavy atom. The number of halogens is 2. The van der Waals surface area contributed by atoms with Crippen LogP contribution in [0.4, 0.5) is 4.39 Å². The lowest BCUT2D eigenvalue weighted by Crippen LogP contribution is -2.29. The summed E-state index contributed by atoms with van der Waals surface area (Å²) in [4.78, 5) is 2.52. The lowest BCUT2D eigenvalue weighted by molar-refractivity contribution is 0.233. The first-order valence-corrected chi connectivity index (χ1v) is 7.88. The van der Waals surface area contributed by atoms with Crippen LogP contribution in [-0.4, -0.2) is 22.8 Å².